The van der Waals surface area contributed by atoms with Crippen molar-refractivity contribution in [1.29, 1.82) is 0 Å². The van der Waals surface area contributed by atoms with E-state index >= 15 is 0 Å². The van der Waals surface area contributed by atoms with Crippen molar-refractivity contribution in [1.82, 2.24) is 9.80 Å². The van der Waals surface area contributed by atoms with Crippen LogP contribution < -0.4 is 0 Å². The van der Waals surface area contributed by atoms with Crippen molar-refractivity contribution < 1.29 is 8.42 Å². The Balaban J connectivity index is 1.23. The van der Waals surface area contributed by atoms with Gasteiger partial charge < -0.3 is 4.90 Å². The molecule has 0 fully saturated rings. The van der Waals surface area contributed by atoms with Gasteiger partial charge in [-0.15, -0.1) is 0 Å². The molecule has 208 valence electrons. The van der Waals surface area contributed by atoms with E-state index in [1.54, 1.807) is 24.3 Å². The lowest BCUT2D eigenvalue weighted by atomic mass is 9.81. The number of sulfone groups is 1. The van der Waals surface area contributed by atoms with Crippen LogP contribution in [0.3, 0.4) is 0 Å². The molecule has 6 nitrogen and oxygen atoms in total. The lowest BCUT2D eigenvalue weighted by Crippen LogP contribution is -2.54. The number of rotatable bonds is 11. The number of benzene rings is 3. The molecule has 1 spiro atoms. The highest BCUT2D eigenvalue weighted by molar-refractivity contribution is 7.91. The second kappa shape index (κ2) is 11.8. The van der Waals surface area contributed by atoms with Gasteiger partial charge in [0.2, 0.25) is 0 Å². The van der Waals surface area contributed by atoms with Crippen LogP contribution >= 0.6 is 0 Å². The molecule has 7 heteroatoms. The van der Waals surface area contributed by atoms with Gasteiger partial charge in [-0.1, -0.05) is 84.9 Å². The summed E-state index contributed by atoms with van der Waals surface area (Å²) in [5, 5.41) is 0. The maximum atomic E-state index is 12.8. The maximum Gasteiger partial charge on any atom is 0.178 e. The zero-order valence-electron chi connectivity index (χ0n) is 23.0. The second-order valence-corrected chi connectivity index (χ2v) is 12.7. The molecule has 2 heterocycles. The molecule has 0 bridgehead atoms. The first-order valence-electron chi connectivity index (χ1n) is 14.1. The minimum Gasteiger partial charge on any atom is -0.361 e. The summed E-state index contributed by atoms with van der Waals surface area (Å²) in [5.41, 5.74) is 4.98. The molecular weight excluding hydrogens is 528 g/mol. The van der Waals surface area contributed by atoms with E-state index in [-0.39, 0.29) is 5.75 Å². The van der Waals surface area contributed by atoms with Crippen LogP contribution in [0.1, 0.15) is 24.0 Å². The Kier molecular flexibility index (Phi) is 7.81. The predicted octanol–water partition coefficient (Wildman–Crippen LogP) is 5.82. The van der Waals surface area contributed by atoms with Crippen LogP contribution in [0, 0.1) is 0 Å². The molecule has 1 aliphatic carbocycles. The topological polar surface area (TPSA) is 65.3 Å². The molecule has 3 aromatic carbocycles. The first-order chi connectivity index (χ1) is 20.1. The molecule has 0 amide bonds. The molecule has 0 saturated heterocycles. The Bertz CT molecular complexity index is 1590. The van der Waals surface area contributed by atoms with Crippen LogP contribution in [0.15, 0.2) is 142 Å². The lowest BCUT2D eigenvalue weighted by Gasteiger charge is -2.42. The highest BCUT2D eigenvalue weighted by Gasteiger charge is 2.50. The van der Waals surface area contributed by atoms with Crippen molar-refractivity contribution in [3.63, 3.8) is 0 Å². The van der Waals surface area contributed by atoms with Crippen molar-refractivity contribution in [3.05, 3.63) is 138 Å². The summed E-state index contributed by atoms with van der Waals surface area (Å²) in [4.78, 5) is 15.0. The van der Waals surface area contributed by atoms with Gasteiger partial charge in [0.15, 0.2) is 9.84 Å². The first kappa shape index (κ1) is 27.1. The quantitative estimate of drug-likeness (QED) is 0.277. The van der Waals surface area contributed by atoms with Crippen molar-refractivity contribution in [2.45, 2.75) is 36.4 Å². The second-order valence-electron chi connectivity index (χ2n) is 10.6. The van der Waals surface area contributed by atoms with Gasteiger partial charge in [0.1, 0.15) is 5.54 Å². The van der Waals surface area contributed by atoms with E-state index in [9.17, 15) is 8.42 Å². The number of hydrogen-bond acceptors (Lipinski definition) is 6. The van der Waals surface area contributed by atoms with Crippen molar-refractivity contribution in [2.24, 2.45) is 9.98 Å². The van der Waals surface area contributed by atoms with E-state index in [0.29, 0.717) is 18.0 Å². The summed E-state index contributed by atoms with van der Waals surface area (Å²) in [6.45, 7) is 2.77. The number of hydrogen-bond donors (Lipinski definition) is 0. The molecule has 6 rings (SSSR count). The van der Waals surface area contributed by atoms with E-state index in [1.807, 2.05) is 30.5 Å². The maximum absolute atomic E-state index is 12.8. The summed E-state index contributed by atoms with van der Waals surface area (Å²) in [6, 6.07) is 29.8. The first-order valence-corrected chi connectivity index (χ1v) is 15.8. The van der Waals surface area contributed by atoms with Crippen LogP contribution in [-0.4, -0.2) is 54.6 Å². The lowest BCUT2D eigenvalue weighted by molar-refractivity contribution is 0.232. The fraction of sp³-hybridized carbons (Fsp3) is 0.235. The van der Waals surface area contributed by atoms with Gasteiger partial charge in [-0.25, -0.2) is 8.42 Å². The van der Waals surface area contributed by atoms with Crippen LogP contribution in [0.4, 0.5) is 0 Å². The van der Waals surface area contributed by atoms with Gasteiger partial charge in [-0.05, 0) is 54.3 Å². The smallest absolute Gasteiger partial charge is 0.178 e. The standard InChI is InChI=1S/C34H34N4O2S/c39-41(40,30-17-8-3-9-18-30)24-11-10-23-38-27-36-33-31(19-20-32-34(33,38)21-12-22-35-32)37(25-28-13-4-1-5-14-28)26-29-15-6-2-7-16-29/h1-9,12-22H,10-11,23-27H2. The van der Waals surface area contributed by atoms with Gasteiger partial charge in [0.05, 0.1) is 34.4 Å². The van der Waals surface area contributed by atoms with Gasteiger partial charge >= 0.3 is 0 Å². The molecule has 41 heavy (non-hydrogen) atoms. The summed E-state index contributed by atoms with van der Waals surface area (Å²) < 4.78 is 25.6. The van der Waals surface area contributed by atoms with E-state index in [2.05, 4.69) is 76.6 Å². The number of unbranched alkanes of at least 4 members (excludes halogenated alkanes) is 1. The number of allylic oxidation sites excluding steroid dienone is 3. The average molecular weight is 563 g/mol. The molecule has 3 aliphatic rings. The van der Waals surface area contributed by atoms with Crippen molar-refractivity contribution in [2.75, 3.05) is 19.0 Å². The fourth-order valence-corrected chi connectivity index (χ4v) is 7.25. The summed E-state index contributed by atoms with van der Waals surface area (Å²) >= 11 is 0. The van der Waals surface area contributed by atoms with Crippen LogP contribution in [-0.2, 0) is 22.9 Å². The van der Waals surface area contributed by atoms with E-state index in [1.165, 1.54) is 11.1 Å². The summed E-state index contributed by atoms with van der Waals surface area (Å²) in [7, 11) is -3.30. The summed E-state index contributed by atoms with van der Waals surface area (Å²) in [5.74, 6) is 0.134. The largest absolute Gasteiger partial charge is 0.361 e. The van der Waals surface area contributed by atoms with Gasteiger partial charge in [-0.2, -0.15) is 0 Å². The third-order valence-corrected chi connectivity index (χ3v) is 9.71. The van der Waals surface area contributed by atoms with Crippen LogP contribution in [0.25, 0.3) is 0 Å². The van der Waals surface area contributed by atoms with Crippen LogP contribution in [0.5, 0.6) is 0 Å². The monoisotopic (exact) mass is 562 g/mol. The van der Waals surface area contributed by atoms with Gasteiger partial charge in [-0.3, -0.25) is 14.9 Å². The number of aliphatic imine (C=N–C) groups is 2. The van der Waals surface area contributed by atoms with Crippen LogP contribution in [0.2, 0.25) is 0 Å². The SMILES string of the molecule is O=S(=O)(CCCCN1CN=C2C(N(Cc3ccccc3)Cc3ccccc3)=CC=C3N=CC=CC321)c1ccccc1. The van der Waals surface area contributed by atoms with E-state index < -0.39 is 15.4 Å². The van der Waals surface area contributed by atoms with Gasteiger partial charge in [0, 0.05) is 25.8 Å². The minimum absolute atomic E-state index is 0.134. The Morgan fingerprint density at radius 1 is 0.805 bits per heavy atom. The summed E-state index contributed by atoms with van der Waals surface area (Å²) in [6.07, 6.45) is 11.7. The highest BCUT2D eigenvalue weighted by Crippen LogP contribution is 2.42. The van der Waals surface area contributed by atoms with Crippen molar-refractivity contribution >= 4 is 21.8 Å². The molecule has 3 aromatic rings. The Morgan fingerprint density at radius 2 is 1.44 bits per heavy atom. The molecule has 0 radical (unpaired) electrons. The molecule has 1 atom stereocenters. The Labute approximate surface area is 242 Å². The molecule has 2 aliphatic heterocycles. The zero-order valence-corrected chi connectivity index (χ0v) is 23.8. The Morgan fingerprint density at radius 3 is 2.10 bits per heavy atom. The molecule has 1 unspecified atom stereocenters. The van der Waals surface area contributed by atoms with E-state index in [4.69, 9.17) is 9.98 Å². The third-order valence-electron chi connectivity index (χ3n) is 7.90. The predicted molar refractivity (Wildman–Crippen MR) is 165 cm³/mol. The minimum atomic E-state index is -3.30. The highest BCUT2D eigenvalue weighted by atomic mass is 32.2. The third kappa shape index (κ3) is 5.60. The Hall–Kier alpha value is -4.07. The molecular formula is C34H34N4O2S. The average Bonchev–Trinajstić information content (AvgIpc) is 3.38. The zero-order chi connectivity index (χ0) is 28.1. The van der Waals surface area contributed by atoms with Crippen molar-refractivity contribution in [3.8, 4) is 0 Å². The normalized spacial score (nSPS) is 19.7. The number of nitrogens with zero attached hydrogens (tertiary/aromatic N) is 4. The molecule has 0 aromatic heterocycles. The fourth-order valence-electron chi connectivity index (χ4n) is 5.85. The molecule has 0 saturated carbocycles. The molecule has 0 N–H and O–H groups in total. The van der Waals surface area contributed by atoms with E-state index in [0.717, 1.165) is 43.2 Å². The number of dihydropyridines is 1. The van der Waals surface area contributed by atoms with Gasteiger partial charge in [0.25, 0.3) is 0 Å².